The van der Waals surface area contributed by atoms with Gasteiger partial charge >= 0.3 is 0 Å². The van der Waals surface area contributed by atoms with Crippen molar-refractivity contribution in [2.75, 3.05) is 0 Å². The number of phenols is 1. The summed E-state index contributed by atoms with van der Waals surface area (Å²) in [5.74, 6) is 0.537. The van der Waals surface area contributed by atoms with Gasteiger partial charge in [-0.15, -0.1) is 0 Å². The number of hydrogen-bond donors (Lipinski definition) is 3. The molecule has 4 unspecified atom stereocenters. The number of phenolic OH excluding ortho intramolecular Hbond substituents is 1. The molecule has 3 heteroatoms. The lowest BCUT2D eigenvalue weighted by Crippen LogP contribution is -2.63. The molecule has 3 nitrogen and oxygen atoms in total. The van der Waals surface area contributed by atoms with E-state index in [1.165, 1.54) is 11.1 Å². The molecule has 0 aromatic heterocycles. The van der Waals surface area contributed by atoms with Gasteiger partial charge in [-0.3, -0.25) is 0 Å². The number of aromatic hydroxyl groups is 1. The first-order valence-corrected chi connectivity index (χ1v) is 10.4. The molecule has 2 aromatic rings. The molecular weight excluding hydrogens is 348 g/mol. The van der Waals surface area contributed by atoms with E-state index in [2.05, 4.69) is 20.8 Å². The molecule has 1 fully saturated rings. The van der Waals surface area contributed by atoms with E-state index in [9.17, 15) is 15.3 Å². The van der Waals surface area contributed by atoms with Crippen LogP contribution in [-0.4, -0.2) is 20.9 Å². The standard InChI is InChI=1S/C25H32O3/c1-5-24-16-23(4,27)25(28,17-9-7-6-8-10-17)15-18(24)14-22(2,3)21-13-19(26)11-12-20(21)24/h6-13,18,26-28H,5,14-16H2,1-4H3. The highest BCUT2D eigenvalue weighted by molar-refractivity contribution is 5.48. The molecular formula is C25H32O3. The zero-order valence-electron chi connectivity index (χ0n) is 17.4. The normalized spacial score (nSPS) is 36.4. The Bertz CT molecular complexity index is 886. The van der Waals surface area contributed by atoms with Gasteiger partial charge in [0.25, 0.3) is 0 Å². The van der Waals surface area contributed by atoms with Crippen LogP contribution in [0.2, 0.25) is 0 Å². The van der Waals surface area contributed by atoms with Gasteiger partial charge in [-0.2, -0.15) is 0 Å². The van der Waals surface area contributed by atoms with Gasteiger partial charge in [0.2, 0.25) is 0 Å². The van der Waals surface area contributed by atoms with Gasteiger partial charge < -0.3 is 15.3 Å². The van der Waals surface area contributed by atoms with Crippen molar-refractivity contribution in [3.8, 4) is 5.75 Å². The number of rotatable bonds is 2. The monoisotopic (exact) mass is 380 g/mol. The molecule has 0 saturated heterocycles. The number of fused-ring (bicyclic) bond motifs is 3. The number of hydrogen-bond acceptors (Lipinski definition) is 3. The minimum Gasteiger partial charge on any atom is -0.508 e. The van der Waals surface area contributed by atoms with Crippen molar-refractivity contribution in [1.29, 1.82) is 0 Å². The Balaban J connectivity index is 1.90. The maximum absolute atomic E-state index is 11.8. The third-order valence-corrected chi connectivity index (χ3v) is 7.78. The summed E-state index contributed by atoms with van der Waals surface area (Å²) in [5.41, 5.74) is 0.357. The van der Waals surface area contributed by atoms with Crippen molar-refractivity contribution < 1.29 is 15.3 Å². The van der Waals surface area contributed by atoms with Gasteiger partial charge in [0.15, 0.2) is 0 Å². The molecule has 2 aliphatic rings. The summed E-state index contributed by atoms with van der Waals surface area (Å²) >= 11 is 0. The maximum Gasteiger partial charge on any atom is 0.118 e. The molecule has 28 heavy (non-hydrogen) atoms. The van der Waals surface area contributed by atoms with Crippen LogP contribution in [0.1, 0.15) is 70.1 Å². The summed E-state index contributed by atoms with van der Waals surface area (Å²) in [6.45, 7) is 8.41. The molecule has 0 bridgehead atoms. The minimum atomic E-state index is -1.28. The fourth-order valence-electron chi connectivity index (χ4n) is 6.26. The summed E-state index contributed by atoms with van der Waals surface area (Å²) < 4.78 is 0. The van der Waals surface area contributed by atoms with Crippen LogP contribution < -0.4 is 0 Å². The molecule has 150 valence electrons. The van der Waals surface area contributed by atoms with Crippen LogP contribution in [0.15, 0.2) is 48.5 Å². The smallest absolute Gasteiger partial charge is 0.118 e. The van der Waals surface area contributed by atoms with Crippen LogP contribution in [0.25, 0.3) is 0 Å². The maximum atomic E-state index is 11.8. The van der Waals surface area contributed by atoms with Gasteiger partial charge in [0, 0.05) is 5.41 Å². The first kappa shape index (κ1) is 19.5. The number of aliphatic hydroxyl groups is 2. The highest BCUT2D eigenvalue weighted by Crippen LogP contribution is 2.62. The lowest BCUT2D eigenvalue weighted by Gasteiger charge is -2.61. The molecule has 4 atom stereocenters. The first-order valence-electron chi connectivity index (χ1n) is 10.4. The van der Waals surface area contributed by atoms with Gasteiger partial charge in [-0.05, 0) is 72.8 Å². The summed E-state index contributed by atoms with van der Waals surface area (Å²) in [5, 5.41) is 33.5. The lowest BCUT2D eigenvalue weighted by molar-refractivity contribution is -0.207. The van der Waals surface area contributed by atoms with Crippen molar-refractivity contribution in [1.82, 2.24) is 0 Å². The van der Waals surface area contributed by atoms with Crippen LogP contribution in [0.5, 0.6) is 5.75 Å². The Labute approximate surface area is 168 Å². The lowest BCUT2D eigenvalue weighted by atomic mass is 9.46. The Morgan fingerprint density at radius 3 is 2.25 bits per heavy atom. The molecule has 0 heterocycles. The average Bonchev–Trinajstić information content (AvgIpc) is 2.64. The minimum absolute atomic E-state index is 0.0990. The summed E-state index contributed by atoms with van der Waals surface area (Å²) in [6, 6.07) is 15.3. The Morgan fingerprint density at radius 1 is 0.929 bits per heavy atom. The summed E-state index contributed by atoms with van der Waals surface area (Å²) in [4.78, 5) is 0. The van der Waals surface area contributed by atoms with E-state index in [1.807, 2.05) is 42.5 Å². The predicted octanol–water partition coefficient (Wildman–Crippen LogP) is 4.77. The second-order valence-electron chi connectivity index (χ2n) is 9.91. The van der Waals surface area contributed by atoms with E-state index < -0.39 is 11.2 Å². The Morgan fingerprint density at radius 2 is 1.61 bits per heavy atom. The van der Waals surface area contributed by atoms with E-state index >= 15 is 0 Å². The van der Waals surface area contributed by atoms with Crippen molar-refractivity contribution in [3.63, 3.8) is 0 Å². The second-order valence-corrected chi connectivity index (χ2v) is 9.91. The van der Waals surface area contributed by atoms with Crippen LogP contribution in [0.4, 0.5) is 0 Å². The molecule has 4 rings (SSSR count). The van der Waals surface area contributed by atoms with Crippen LogP contribution in [0, 0.1) is 5.92 Å². The highest BCUT2D eigenvalue weighted by Gasteiger charge is 2.62. The fraction of sp³-hybridized carbons (Fsp3) is 0.520. The van der Waals surface area contributed by atoms with Crippen LogP contribution in [0.3, 0.4) is 0 Å². The molecule has 1 saturated carbocycles. The predicted molar refractivity (Wildman–Crippen MR) is 111 cm³/mol. The topological polar surface area (TPSA) is 60.7 Å². The highest BCUT2D eigenvalue weighted by atomic mass is 16.4. The molecule has 0 spiro atoms. The quantitative estimate of drug-likeness (QED) is 0.703. The van der Waals surface area contributed by atoms with Crippen LogP contribution in [-0.2, 0) is 16.4 Å². The number of benzene rings is 2. The molecule has 0 amide bonds. The van der Waals surface area contributed by atoms with Crippen molar-refractivity contribution >= 4 is 0 Å². The fourth-order valence-corrected chi connectivity index (χ4v) is 6.26. The molecule has 0 radical (unpaired) electrons. The first-order chi connectivity index (χ1) is 13.1. The average molecular weight is 381 g/mol. The van der Waals surface area contributed by atoms with Gasteiger partial charge in [-0.1, -0.05) is 57.2 Å². The van der Waals surface area contributed by atoms with E-state index in [-0.39, 0.29) is 16.7 Å². The van der Waals surface area contributed by atoms with E-state index in [0.29, 0.717) is 18.6 Å². The second kappa shape index (κ2) is 6.08. The molecule has 3 N–H and O–H groups in total. The van der Waals surface area contributed by atoms with Gasteiger partial charge in [-0.25, -0.2) is 0 Å². The molecule has 0 aliphatic heterocycles. The summed E-state index contributed by atoms with van der Waals surface area (Å²) in [7, 11) is 0. The van der Waals surface area contributed by atoms with E-state index in [0.717, 1.165) is 18.4 Å². The summed E-state index contributed by atoms with van der Waals surface area (Å²) in [6.07, 6.45) is 2.84. The van der Waals surface area contributed by atoms with E-state index in [1.54, 1.807) is 13.0 Å². The van der Waals surface area contributed by atoms with Crippen LogP contribution >= 0.6 is 0 Å². The van der Waals surface area contributed by atoms with Crippen molar-refractivity contribution in [2.45, 2.75) is 75.4 Å². The van der Waals surface area contributed by atoms with Crippen molar-refractivity contribution in [2.24, 2.45) is 5.92 Å². The molecule has 2 aliphatic carbocycles. The van der Waals surface area contributed by atoms with Gasteiger partial charge in [0.05, 0.1) is 5.60 Å². The largest absolute Gasteiger partial charge is 0.508 e. The van der Waals surface area contributed by atoms with Crippen molar-refractivity contribution in [3.05, 3.63) is 65.2 Å². The Hall–Kier alpha value is -1.84. The van der Waals surface area contributed by atoms with E-state index in [4.69, 9.17) is 0 Å². The third-order valence-electron chi connectivity index (χ3n) is 7.78. The zero-order chi connectivity index (χ0) is 20.4. The Kier molecular flexibility index (Phi) is 4.23. The third kappa shape index (κ3) is 2.56. The molecule has 2 aromatic carbocycles. The zero-order valence-corrected chi connectivity index (χ0v) is 17.4. The van der Waals surface area contributed by atoms with Gasteiger partial charge in [0.1, 0.15) is 11.4 Å². The SMILES string of the molecule is CCC12CC(C)(O)C(O)(c3ccccc3)CC1CC(C)(C)c1cc(O)ccc12.